The molecule has 0 saturated carbocycles. The summed E-state index contributed by atoms with van der Waals surface area (Å²) in [5.41, 5.74) is 1.53. The van der Waals surface area contributed by atoms with Crippen LogP contribution in [-0.4, -0.2) is 26.0 Å². The lowest BCUT2D eigenvalue weighted by Gasteiger charge is -2.39. The maximum Gasteiger partial charge on any atom is 0.274 e. The monoisotopic (exact) mass is 323 g/mol. The fourth-order valence-electron chi connectivity index (χ4n) is 2.81. The van der Waals surface area contributed by atoms with Gasteiger partial charge in [-0.05, 0) is 37.0 Å². The van der Waals surface area contributed by atoms with Crippen LogP contribution in [0.2, 0.25) is 0 Å². The lowest BCUT2D eigenvalue weighted by molar-refractivity contribution is 0.453. The summed E-state index contributed by atoms with van der Waals surface area (Å²) in [4.78, 5) is 3.97. The fraction of sp³-hybridized carbons (Fsp3) is 0.357. The Morgan fingerprint density at radius 3 is 2.71 bits per heavy atom. The lowest BCUT2D eigenvalue weighted by atomic mass is 10.0. The standard InChI is InChI=1S/C14H17N3O2S2/c1-3-16-13-10(2)17(11-4-7-15-8-5-11)21(18,19)14-12(13)6-9-20-14/h4-10,13,16H,3H2,1-2H3. The van der Waals surface area contributed by atoms with Gasteiger partial charge in [0.2, 0.25) is 0 Å². The first kappa shape index (κ1) is 14.5. The molecule has 3 rings (SSSR count). The molecule has 2 atom stereocenters. The smallest absolute Gasteiger partial charge is 0.274 e. The zero-order valence-corrected chi connectivity index (χ0v) is 13.5. The number of likely N-dealkylation sites (N-methyl/N-ethyl adjacent to an activating group) is 1. The first-order valence-electron chi connectivity index (χ1n) is 6.82. The van der Waals surface area contributed by atoms with Crippen LogP contribution in [0.1, 0.15) is 25.5 Å². The van der Waals surface area contributed by atoms with Gasteiger partial charge in [0.15, 0.2) is 0 Å². The molecule has 0 saturated heterocycles. The van der Waals surface area contributed by atoms with E-state index in [1.54, 1.807) is 24.5 Å². The fourth-order valence-corrected chi connectivity index (χ4v) is 6.01. The van der Waals surface area contributed by atoms with Crippen LogP contribution in [-0.2, 0) is 10.0 Å². The number of thiophene rings is 1. The minimum Gasteiger partial charge on any atom is -0.308 e. The Kier molecular flexibility index (Phi) is 3.73. The van der Waals surface area contributed by atoms with Gasteiger partial charge in [-0.3, -0.25) is 9.29 Å². The molecule has 2 aromatic rings. The third-order valence-corrected chi connectivity index (χ3v) is 7.09. The second kappa shape index (κ2) is 5.40. The molecule has 2 aromatic heterocycles. The molecule has 0 aliphatic carbocycles. The van der Waals surface area contributed by atoms with Gasteiger partial charge in [0.25, 0.3) is 10.0 Å². The van der Waals surface area contributed by atoms with Gasteiger partial charge in [-0.2, -0.15) is 0 Å². The van der Waals surface area contributed by atoms with Gasteiger partial charge >= 0.3 is 0 Å². The summed E-state index contributed by atoms with van der Waals surface area (Å²) in [6, 6.07) is 5.17. The topological polar surface area (TPSA) is 62.3 Å². The second-order valence-electron chi connectivity index (χ2n) is 4.95. The summed E-state index contributed by atoms with van der Waals surface area (Å²) >= 11 is 1.28. The molecule has 112 valence electrons. The molecule has 0 fully saturated rings. The minimum absolute atomic E-state index is 0.00654. The van der Waals surface area contributed by atoms with Crippen LogP contribution in [0.3, 0.4) is 0 Å². The summed E-state index contributed by atoms with van der Waals surface area (Å²) in [5, 5.41) is 5.24. The Balaban J connectivity index is 2.18. The Labute approximate surface area is 128 Å². The molecule has 1 N–H and O–H groups in total. The Morgan fingerprint density at radius 2 is 2.05 bits per heavy atom. The summed E-state index contributed by atoms with van der Waals surface area (Å²) in [6.45, 7) is 4.75. The van der Waals surface area contributed by atoms with Crippen molar-refractivity contribution in [1.82, 2.24) is 10.3 Å². The molecule has 0 bridgehead atoms. The molecule has 3 heterocycles. The normalized spacial score (nSPS) is 23.8. The highest BCUT2D eigenvalue weighted by molar-refractivity contribution is 7.94. The molecule has 21 heavy (non-hydrogen) atoms. The first-order valence-corrected chi connectivity index (χ1v) is 9.14. The van der Waals surface area contributed by atoms with Crippen molar-refractivity contribution >= 4 is 27.0 Å². The van der Waals surface area contributed by atoms with Crippen molar-refractivity contribution in [1.29, 1.82) is 0 Å². The number of hydrogen-bond acceptors (Lipinski definition) is 5. The van der Waals surface area contributed by atoms with Crippen LogP contribution < -0.4 is 9.62 Å². The summed E-state index contributed by atoms with van der Waals surface area (Å²) in [5.74, 6) is 0. The van der Waals surface area contributed by atoms with Crippen molar-refractivity contribution in [2.24, 2.45) is 0 Å². The van der Waals surface area contributed by atoms with Gasteiger partial charge in [-0.15, -0.1) is 11.3 Å². The van der Waals surface area contributed by atoms with Gasteiger partial charge in [0.05, 0.1) is 17.8 Å². The number of aromatic nitrogens is 1. The van der Waals surface area contributed by atoms with Gasteiger partial charge < -0.3 is 5.32 Å². The summed E-state index contributed by atoms with van der Waals surface area (Å²) < 4.78 is 27.8. The number of rotatable bonds is 3. The number of nitrogens with zero attached hydrogens (tertiary/aromatic N) is 2. The molecule has 7 heteroatoms. The minimum atomic E-state index is -3.51. The van der Waals surface area contributed by atoms with E-state index in [1.165, 1.54) is 15.6 Å². The first-order chi connectivity index (χ1) is 10.1. The van der Waals surface area contributed by atoms with E-state index < -0.39 is 10.0 Å². The Hall–Kier alpha value is -1.44. The number of pyridine rings is 1. The molecule has 0 radical (unpaired) electrons. The van der Waals surface area contributed by atoms with E-state index in [-0.39, 0.29) is 12.1 Å². The van der Waals surface area contributed by atoms with Gasteiger partial charge in [0, 0.05) is 18.0 Å². The molecule has 1 aliphatic rings. The van der Waals surface area contributed by atoms with E-state index in [9.17, 15) is 8.42 Å². The van der Waals surface area contributed by atoms with E-state index in [1.807, 2.05) is 25.3 Å². The maximum absolute atomic E-state index is 12.9. The quantitative estimate of drug-likeness (QED) is 0.942. The molecule has 2 unspecified atom stereocenters. The predicted octanol–water partition coefficient (Wildman–Crippen LogP) is 2.39. The highest BCUT2D eigenvalue weighted by Gasteiger charge is 2.42. The van der Waals surface area contributed by atoms with Gasteiger partial charge in [-0.25, -0.2) is 8.42 Å². The third-order valence-electron chi connectivity index (χ3n) is 3.68. The van der Waals surface area contributed by atoms with E-state index in [2.05, 4.69) is 10.3 Å². The number of sulfonamides is 1. The average molecular weight is 323 g/mol. The van der Waals surface area contributed by atoms with E-state index in [4.69, 9.17) is 0 Å². The zero-order chi connectivity index (χ0) is 15.0. The van der Waals surface area contributed by atoms with Gasteiger partial charge in [0.1, 0.15) is 4.21 Å². The van der Waals surface area contributed by atoms with Crippen molar-refractivity contribution in [2.75, 3.05) is 10.8 Å². The number of hydrogen-bond donors (Lipinski definition) is 1. The zero-order valence-electron chi connectivity index (χ0n) is 11.9. The number of anilines is 1. The van der Waals surface area contributed by atoms with Crippen molar-refractivity contribution in [3.8, 4) is 0 Å². The van der Waals surface area contributed by atoms with Crippen molar-refractivity contribution in [3.05, 3.63) is 41.5 Å². The van der Waals surface area contributed by atoms with Crippen molar-refractivity contribution < 1.29 is 8.42 Å². The van der Waals surface area contributed by atoms with E-state index in [0.717, 1.165) is 12.1 Å². The Bertz CT molecular complexity index is 728. The third kappa shape index (κ3) is 2.25. The molecular weight excluding hydrogens is 306 g/mol. The molecule has 0 aromatic carbocycles. The van der Waals surface area contributed by atoms with Gasteiger partial charge in [-0.1, -0.05) is 6.92 Å². The number of nitrogens with one attached hydrogen (secondary N) is 1. The van der Waals surface area contributed by atoms with Crippen molar-refractivity contribution in [2.45, 2.75) is 30.1 Å². The van der Waals surface area contributed by atoms with E-state index >= 15 is 0 Å². The highest BCUT2D eigenvalue weighted by Crippen LogP contribution is 2.41. The summed E-state index contributed by atoms with van der Waals surface area (Å²) in [6.07, 6.45) is 3.23. The predicted molar refractivity (Wildman–Crippen MR) is 84.1 cm³/mol. The van der Waals surface area contributed by atoms with E-state index in [0.29, 0.717) is 9.90 Å². The molecule has 1 aliphatic heterocycles. The molecule has 5 nitrogen and oxygen atoms in total. The maximum atomic E-state index is 12.9. The number of fused-ring (bicyclic) bond motifs is 1. The molecular formula is C14H17N3O2S2. The molecule has 0 spiro atoms. The van der Waals surface area contributed by atoms with Crippen LogP contribution in [0.5, 0.6) is 0 Å². The highest BCUT2D eigenvalue weighted by atomic mass is 32.2. The SMILES string of the molecule is CCNC1c2ccsc2S(=O)(=O)N(c2ccncc2)C1C. The van der Waals surface area contributed by atoms with Crippen LogP contribution in [0, 0.1) is 0 Å². The largest absolute Gasteiger partial charge is 0.308 e. The molecule has 0 amide bonds. The summed E-state index contributed by atoms with van der Waals surface area (Å²) in [7, 11) is -3.51. The van der Waals surface area contributed by atoms with Crippen molar-refractivity contribution in [3.63, 3.8) is 0 Å². The van der Waals surface area contributed by atoms with Crippen LogP contribution >= 0.6 is 11.3 Å². The lowest BCUT2D eigenvalue weighted by Crippen LogP contribution is -2.50. The average Bonchev–Trinajstić information content (AvgIpc) is 2.95. The van der Waals surface area contributed by atoms with Crippen LogP contribution in [0.25, 0.3) is 0 Å². The van der Waals surface area contributed by atoms with Crippen LogP contribution in [0.4, 0.5) is 5.69 Å². The Morgan fingerprint density at radius 1 is 1.33 bits per heavy atom. The second-order valence-corrected chi connectivity index (χ2v) is 7.87. The van der Waals surface area contributed by atoms with Crippen LogP contribution in [0.15, 0.2) is 40.2 Å².